The molecule has 2 aromatic rings. The molecule has 0 aromatic heterocycles. The monoisotopic (exact) mass is 903 g/mol. The number of benzene rings is 2. The summed E-state index contributed by atoms with van der Waals surface area (Å²) in [5.74, 6) is 0.0337. The highest BCUT2D eigenvalue weighted by Crippen LogP contribution is 2.34. The van der Waals surface area contributed by atoms with E-state index in [1.165, 1.54) is 30.7 Å². The third-order valence-electron chi connectivity index (χ3n) is 11.8. The molecule has 0 saturated carbocycles. The van der Waals surface area contributed by atoms with Gasteiger partial charge in [0.15, 0.2) is 6.19 Å². The molecule has 0 bridgehead atoms. The number of carbonyl (C=O) groups excluding carboxylic acids is 4. The zero-order chi connectivity index (χ0) is 45.1. The van der Waals surface area contributed by atoms with Gasteiger partial charge in [-0.3, -0.25) is 0 Å². The minimum atomic E-state index is -0.580. The van der Waals surface area contributed by atoms with Crippen LogP contribution in [0.4, 0.5) is 39.3 Å². The van der Waals surface area contributed by atoms with E-state index >= 15 is 0 Å². The molecule has 62 heavy (non-hydrogen) atoms. The van der Waals surface area contributed by atoms with Crippen LogP contribution in [0.2, 0.25) is 10.0 Å². The van der Waals surface area contributed by atoms with Crippen LogP contribution >= 0.6 is 23.2 Å². The summed E-state index contributed by atoms with van der Waals surface area (Å²) < 4.78 is 38.4. The van der Waals surface area contributed by atoms with E-state index in [2.05, 4.69) is 22.1 Å². The van der Waals surface area contributed by atoms with E-state index in [1.807, 2.05) is 46.4 Å². The van der Waals surface area contributed by atoms with E-state index in [9.17, 15) is 28.0 Å². The average molecular weight is 905 g/mol. The molecule has 6 heterocycles. The number of halogens is 4. The van der Waals surface area contributed by atoms with E-state index in [1.54, 1.807) is 19.6 Å². The van der Waals surface area contributed by atoms with Crippen molar-refractivity contribution in [1.82, 2.24) is 29.8 Å². The largest absolute Gasteiger partial charge is 0.444 e. The standard InChI is InChI=1S/C18H23ClFN3O3.C14H14ClFN4O.C11H20N2O2/c1-18(2,3)26-17(25)22-9-11-6-7-23(15(11)10-22)16(24)21-14-5-4-12(19)8-13(14)20;15-10-1-2-12(11(16)5-10)18-14(21)20-4-3-9-6-19(8-17)7-13(9)20;1-11(2,3)15-10(14)13-6-8-4-5-12-9(8)7-13/h4-5,8,11,15H,6-7,9-10H2,1-3H3,(H,21,24);1-2,5,9,13H,3-4,6-7H2,(H,18,21);8-9,12H,4-7H2,1-3H3/t11-,15+;9-,13+;8-,9+/m111/s1. The maximum atomic E-state index is 13.9. The molecule has 0 radical (unpaired) electrons. The second-order valence-corrected chi connectivity index (χ2v) is 19.5. The maximum Gasteiger partial charge on any atom is 0.410 e. The van der Waals surface area contributed by atoms with Crippen molar-refractivity contribution in [3.63, 3.8) is 0 Å². The zero-order valence-corrected chi connectivity index (χ0v) is 37.6. The summed E-state index contributed by atoms with van der Waals surface area (Å²) in [6.45, 7) is 17.4. The molecule has 0 unspecified atom stereocenters. The molecule has 6 fully saturated rings. The minimum Gasteiger partial charge on any atom is -0.444 e. The van der Waals surface area contributed by atoms with Gasteiger partial charge >= 0.3 is 24.2 Å². The third-order valence-corrected chi connectivity index (χ3v) is 12.2. The highest BCUT2D eigenvalue weighted by Gasteiger charge is 2.46. The molecule has 6 aliphatic rings. The smallest absolute Gasteiger partial charge is 0.410 e. The van der Waals surface area contributed by atoms with Gasteiger partial charge in [0.1, 0.15) is 22.8 Å². The molecule has 6 amide bonds. The molecule has 338 valence electrons. The Morgan fingerprint density at radius 3 is 1.63 bits per heavy atom. The van der Waals surface area contributed by atoms with Crippen LogP contribution in [-0.2, 0) is 9.47 Å². The van der Waals surface area contributed by atoms with Gasteiger partial charge in [0, 0.05) is 80.3 Å². The molecule has 6 aliphatic heterocycles. The van der Waals surface area contributed by atoms with Crippen LogP contribution in [0.15, 0.2) is 36.4 Å². The predicted molar refractivity (Wildman–Crippen MR) is 231 cm³/mol. The van der Waals surface area contributed by atoms with E-state index in [-0.39, 0.29) is 69.3 Å². The first-order valence-corrected chi connectivity index (χ1v) is 21.8. The van der Waals surface area contributed by atoms with Crippen molar-refractivity contribution in [2.24, 2.45) is 17.8 Å². The van der Waals surface area contributed by atoms with Crippen LogP contribution in [0.3, 0.4) is 0 Å². The minimum absolute atomic E-state index is 0.0278. The van der Waals surface area contributed by atoms with Crippen molar-refractivity contribution >= 4 is 58.8 Å². The van der Waals surface area contributed by atoms with Crippen molar-refractivity contribution in [1.29, 1.82) is 5.26 Å². The molecule has 8 rings (SSSR count). The van der Waals surface area contributed by atoms with Gasteiger partial charge < -0.3 is 49.9 Å². The Labute approximate surface area is 371 Å². The van der Waals surface area contributed by atoms with E-state index < -0.39 is 17.2 Å². The molecular formula is C43H57Cl2F2N9O6. The van der Waals surface area contributed by atoms with E-state index in [0.717, 1.165) is 44.6 Å². The van der Waals surface area contributed by atoms with Gasteiger partial charge in [0.25, 0.3) is 0 Å². The van der Waals surface area contributed by atoms with Crippen molar-refractivity contribution in [2.75, 3.05) is 69.5 Å². The fraction of sp³-hybridized carbons (Fsp3) is 0.605. The van der Waals surface area contributed by atoms with Gasteiger partial charge in [-0.05, 0) is 110 Å². The number of ether oxygens (including phenoxy) is 2. The topological polar surface area (TPSA) is 163 Å². The van der Waals surface area contributed by atoms with Gasteiger partial charge in [0.05, 0.1) is 23.5 Å². The Balaban J connectivity index is 0.000000161. The van der Waals surface area contributed by atoms with Crippen molar-refractivity contribution < 1.29 is 37.4 Å². The number of hydrogen-bond donors (Lipinski definition) is 3. The summed E-state index contributed by atoms with van der Waals surface area (Å²) in [6, 6.07) is 7.99. The molecule has 6 atom stereocenters. The SMILES string of the molecule is CC(C)(C)OC(=O)N1C[C@H]2CCN(C(=O)Nc3ccc(Cl)cc3F)[C@H]2C1.CC(C)(C)OC(=O)N1C[C@H]2CCN[C@H]2C1.N#CN1C[C@H]2CCN(C(=O)Nc3ccc(Cl)cc3F)[C@H]2C1. The number of amides is 6. The Hall–Kier alpha value is -4.79. The summed E-state index contributed by atoms with van der Waals surface area (Å²) in [5.41, 5.74) is -0.743. The Bertz CT molecular complexity index is 2020. The Morgan fingerprint density at radius 1 is 0.694 bits per heavy atom. The number of likely N-dealkylation sites (tertiary alicyclic amines) is 5. The third kappa shape index (κ3) is 11.8. The number of nitrogens with zero attached hydrogens (tertiary/aromatic N) is 6. The van der Waals surface area contributed by atoms with Crippen LogP contribution in [0.1, 0.15) is 60.8 Å². The molecule has 15 nitrogen and oxygen atoms in total. The fourth-order valence-electron chi connectivity index (χ4n) is 8.87. The molecule has 0 spiro atoms. The maximum absolute atomic E-state index is 13.9. The van der Waals surface area contributed by atoms with Crippen molar-refractivity contribution in [3.05, 3.63) is 58.1 Å². The zero-order valence-electron chi connectivity index (χ0n) is 36.1. The summed E-state index contributed by atoms with van der Waals surface area (Å²) in [5, 5.41) is 18.1. The van der Waals surface area contributed by atoms with Gasteiger partial charge in [-0.15, -0.1) is 0 Å². The molecule has 6 saturated heterocycles. The number of hydrogen-bond acceptors (Lipinski definition) is 9. The van der Waals surface area contributed by atoms with Crippen LogP contribution in [0.5, 0.6) is 0 Å². The van der Waals surface area contributed by atoms with Crippen LogP contribution in [0.25, 0.3) is 0 Å². The molecule has 0 aliphatic carbocycles. The first-order chi connectivity index (χ1) is 29.2. The normalized spacial score (nSPS) is 24.8. The summed E-state index contributed by atoms with van der Waals surface area (Å²) >= 11 is 11.4. The average Bonchev–Trinajstić information content (AvgIpc) is 4.01. The van der Waals surface area contributed by atoms with Crippen LogP contribution in [-0.4, -0.2) is 137 Å². The molecule has 19 heteroatoms. The number of urea groups is 2. The lowest BCUT2D eigenvalue weighted by Crippen LogP contribution is -2.43. The van der Waals surface area contributed by atoms with E-state index in [4.69, 9.17) is 37.9 Å². The summed E-state index contributed by atoms with van der Waals surface area (Å²) in [4.78, 5) is 57.4. The lowest BCUT2D eigenvalue weighted by Gasteiger charge is -2.27. The van der Waals surface area contributed by atoms with Crippen LogP contribution < -0.4 is 16.0 Å². The highest BCUT2D eigenvalue weighted by atomic mass is 35.5. The lowest BCUT2D eigenvalue weighted by molar-refractivity contribution is 0.0269. The van der Waals surface area contributed by atoms with Crippen LogP contribution in [0, 0.1) is 40.8 Å². The van der Waals surface area contributed by atoms with Gasteiger partial charge in [-0.25, -0.2) is 28.0 Å². The van der Waals surface area contributed by atoms with Gasteiger partial charge in [-0.1, -0.05) is 23.2 Å². The molecule has 3 N–H and O–H groups in total. The molecule has 2 aromatic carbocycles. The number of nitrogens with one attached hydrogen (secondary N) is 3. The highest BCUT2D eigenvalue weighted by molar-refractivity contribution is 6.31. The van der Waals surface area contributed by atoms with Gasteiger partial charge in [0.2, 0.25) is 0 Å². The predicted octanol–water partition coefficient (Wildman–Crippen LogP) is 7.67. The number of anilines is 2. The fourth-order valence-corrected chi connectivity index (χ4v) is 9.18. The Morgan fingerprint density at radius 2 is 1.16 bits per heavy atom. The van der Waals surface area contributed by atoms with Crippen molar-refractivity contribution in [2.45, 2.75) is 90.1 Å². The Kier molecular flexibility index (Phi) is 14.5. The second kappa shape index (κ2) is 19.3. The quantitative estimate of drug-likeness (QED) is 0.257. The number of rotatable bonds is 2. The number of nitriles is 1. The first kappa shape index (κ1) is 46.7. The molecular weight excluding hydrogens is 847 g/mol. The van der Waals surface area contributed by atoms with Crippen molar-refractivity contribution in [3.8, 4) is 6.19 Å². The second-order valence-electron chi connectivity index (χ2n) is 18.6. The summed E-state index contributed by atoms with van der Waals surface area (Å²) in [7, 11) is 0. The number of fused-ring (bicyclic) bond motifs is 3. The number of carbonyl (C=O) groups is 4. The summed E-state index contributed by atoms with van der Waals surface area (Å²) in [6.07, 6.45) is 4.45. The lowest BCUT2D eigenvalue weighted by atomic mass is 10.1. The first-order valence-electron chi connectivity index (χ1n) is 21.1. The van der Waals surface area contributed by atoms with Gasteiger partial charge in [-0.2, -0.15) is 5.26 Å². The van der Waals surface area contributed by atoms with E-state index in [0.29, 0.717) is 57.1 Å².